The first kappa shape index (κ1) is 12.4. The Kier molecular flexibility index (Phi) is 2.94. The van der Waals surface area contributed by atoms with E-state index in [2.05, 4.69) is 56.3 Å². The average Bonchev–Trinajstić information content (AvgIpc) is 2.42. The van der Waals surface area contributed by atoms with Gasteiger partial charge in [-0.25, -0.2) is 0 Å². The molecule has 0 saturated carbocycles. The van der Waals surface area contributed by atoms with Crippen LogP contribution in [0.25, 0.3) is 0 Å². The number of rotatable bonds is 1. The van der Waals surface area contributed by atoms with E-state index in [0.717, 1.165) is 12.8 Å². The molecular formula is C18H21N. The van der Waals surface area contributed by atoms with Crippen LogP contribution in [-0.2, 0) is 12.0 Å². The summed E-state index contributed by atoms with van der Waals surface area (Å²) in [4.78, 5) is 0. The molecule has 3 rings (SSSR count). The summed E-state index contributed by atoms with van der Waals surface area (Å²) in [6, 6.07) is 15.3. The molecule has 1 heteroatoms. The maximum absolute atomic E-state index is 6.81. The molecule has 1 aliphatic carbocycles. The zero-order chi connectivity index (χ0) is 13.5. The molecule has 98 valence electrons. The Morgan fingerprint density at radius 2 is 1.79 bits per heavy atom. The van der Waals surface area contributed by atoms with E-state index < -0.39 is 0 Å². The highest BCUT2D eigenvalue weighted by Crippen LogP contribution is 2.38. The number of benzene rings is 2. The molecule has 0 spiro atoms. The highest BCUT2D eigenvalue weighted by Gasteiger charge is 2.34. The Bertz CT molecular complexity index is 615. The van der Waals surface area contributed by atoms with Crippen molar-refractivity contribution in [3.05, 3.63) is 70.3 Å². The standard InChI is InChI=1S/C18H21N/c1-13-9-10-16(12-14(13)2)18(19)11-5-7-15-6-3-4-8-17(15)18/h3-4,6,8-10,12H,5,7,11,19H2,1-2H3. The van der Waals surface area contributed by atoms with Crippen LogP contribution in [0.15, 0.2) is 42.5 Å². The van der Waals surface area contributed by atoms with Crippen molar-refractivity contribution in [1.82, 2.24) is 0 Å². The SMILES string of the molecule is Cc1ccc(C2(N)CCCc3ccccc32)cc1C. The predicted octanol–water partition coefficient (Wildman–Crippen LogP) is 3.84. The number of aryl methyl sites for hydroxylation is 3. The third kappa shape index (κ3) is 1.98. The smallest absolute Gasteiger partial charge is 0.0668 e. The first-order chi connectivity index (χ1) is 9.11. The molecule has 0 heterocycles. The van der Waals surface area contributed by atoms with Crippen molar-refractivity contribution in [1.29, 1.82) is 0 Å². The first-order valence-corrected chi connectivity index (χ1v) is 7.06. The van der Waals surface area contributed by atoms with Crippen molar-refractivity contribution in [2.24, 2.45) is 5.73 Å². The third-order valence-corrected chi connectivity index (χ3v) is 4.54. The Morgan fingerprint density at radius 3 is 2.58 bits per heavy atom. The van der Waals surface area contributed by atoms with Crippen LogP contribution in [0.5, 0.6) is 0 Å². The van der Waals surface area contributed by atoms with Gasteiger partial charge < -0.3 is 5.73 Å². The van der Waals surface area contributed by atoms with Crippen molar-refractivity contribution in [3.63, 3.8) is 0 Å². The molecule has 2 N–H and O–H groups in total. The lowest BCUT2D eigenvalue weighted by Gasteiger charge is -2.36. The fourth-order valence-electron chi connectivity index (χ4n) is 3.18. The van der Waals surface area contributed by atoms with Gasteiger partial charge in [0.1, 0.15) is 0 Å². The van der Waals surface area contributed by atoms with Crippen molar-refractivity contribution in [2.45, 2.75) is 38.6 Å². The molecule has 19 heavy (non-hydrogen) atoms. The van der Waals surface area contributed by atoms with Gasteiger partial charge in [-0.15, -0.1) is 0 Å². The topological polar surface area (TPSA) is 26.0 Å². The number of hydrogen-bond acceptors (Lipinski definition) is 1. The van der Waals surface area contributed by atoms with Crippen LogP contribution < -0.4 is 5.73 Å². The molecule has 0 amide bonds. The zero-order valence-corrected chi connectivity index (χ0v) is 11.7. The monoisotopic (exact) mass is 251 g/mol. The second-order valence-corrected chi connectivity index (χ2v) is 5.78. The van der Waals surface area contributed by atoms with Gasteiger partial charge in [0.05, 0.1) is 5.54 Å². The van der Waals surface area contributed by atoms with Gasteiger partial charge in [-0.3, -0.25) is 0 Å². The fraction of sp³-hybridized carbons (Fsp3) is 0.333. The van der Waals surface area contributed by atoms with E-state index in [9.17, 15) is 0 Å². The Hall–Kier alpha value is -1.60. The molecule has 0 aromatic heterocycles. The Balaban J connectivity index is 2.16. The summed E-state index contributed by atoms with van der Waals surface area (Å²) >= 11 is 0. The van der Waals surface area contributed by atoms with Gasteiger partial charge >= 0.3 is 0 Å². The normalized spacial score (nSPS) is 22.1. The maximum Gasteiger partial charge on any atom is 0.0668 e. The predicted molar refractivity (Wildman–Crippen MR) is 80.3 cm³/mol. The molecular weight excluding hydrogens is 230 g/mol. The van der Waals surface area contributed by atoms with Crippen LogP contribution in [0.4, 0.5) is 0 Å². The van der Waals surface area contributed by atoms with Crippen molar-refractivity contribution in [2.75, 3.05) is 0 Å². The minimum Gasteiger partial charge on any atom is -0.318 e. The lowest BCUT2D eigenvalue weighted by molar-refractivity contribution is 0.442. The molecule has 0 aliphatic heterocycles. The second-order valence-electron chi connectivity index (χ2n) is 5.78. The van der Waals surface area contributed by atoms with Crippen LogP contribution in [0, 0.1) is 13.8 Å². The summed E-state index contributed by atoms with van der Waals surface area (Å²) in [5, 5.41) is 0. The van der Waals surface area contributed by atoms with Gasteiger partial charge in [0.25, 0.3) is 0 Å². The number of nitrogens with two attached hydrogens (primary N) is 1. The molecule has 0 saturated heterocycles. The van der Waals surface area contributed by atoms with Crippen molar-refractivity contribution in [3.8, 4) is 0 Å². The Labute approximate surface area is 115 Å². The molecule has 0 bridgehead atoms. The largest absolute Gasteiger partial charge is 0.318 e. The minimum absolute atomic E-state index is 0.312. The maximum atomic E-state index is 6.81. The van der Waals surface area contributed by atoms with Crippen LogP contribution in [0.2, 0.25) is 0 Å². The number of fused-ring (bicyclic) bond motifs is 1. The fourth-order valence-corrected chi connectivity index (χ4v) is 3.18. The van der Waals surface area contributed by atoms with Gasteiger partial charge in [0.15, 0.2) is 0 Å². The molecule has 1 nitrogen and oxygen atoms in total. The van der Waals surface area contributed by atoms with Crippen LogP contribution in [-0.4, -0.2) is 0 Å². The minimum atomic E-state index is -0.312. The van der Waals surface area contributed by atoms with E-state index >= 15 is 0 Å². The van der Waals surface area contributed by atoms with Crippen LogP contribution in [0.1, 0.15) is 40.7 Å². The summed E-state index contributed by atoms with van der Waals surface area (Å²) < 4.78 is 0. The van der Waals surface area contributed by atoms with Crippen LogP contribution >= 0.6 is 0 Å². The van der Waals surface area contributed by atoms with Gasteiger partial charge in [0, 0.05) is 0 Å². The summed E-state index contributed by atoms with van der Waals surface area (Å²) in [6.07, 6.45) is 3.35. The molecule has 2 aromatic carbocycles. The second kappa shape index (κ2) is 4.50. The van der Waals surface area contributed by atoms with Gasteiger partial charge in [-0.05, 0) is 60.9 Å². The van der Waals surface area contributed by atoms with E-state index in [1.54, 1.807) is 0 Å². The lowest BCUT2D eigenvalue weighted by Crippen LogP contribution is -2.41. The zero-order valence-electron chi connectivity index (χ0n) is 11.7. The summed E-state index contributed by atoms with van der Waals surface area (Å²) in [5.74, 6) is 0. The van der Waals surface area contributed by atoms with Crippen molar-refractivity contribution < 1.29 is 0 Å². The van der Waals surface area contributed by atoms with Crippen molar-refractivity contribution >= 4 is 0 Å². The third-order valence-electron chi connectivity index (χ3n) is 4.54. The van der Waals surface area contributed by atoms with E-state index in [-0.39, 0.29) is 5.54 Å². The van der Waals surface area contributed by atoms with E-state index in [1.165, 1.54) is 34.2 Å². The molecule has 1 atom stereocenters. The quantitative estimate of drug-likeness (QED) is 0.818. The highest BCUT2D eigenvalue weighted by molar-refractivity contribution is 5.46. The molecule has 0 radical (unpaired) electrons. The summed E-state index contributed by atoms with van der Waals surface area (Å²) in [5.41, 5.74) is 13.1. The molecule has 2 aromatic rings. The molecule has 1 unspecified atom stereocenters. The van der Waals surface area contributed by atoms with E-state index in [0.29, 0.717) is 0 Å². The average molecular weight is 251 g/mol. The van der Waals surface area contributed by atoms with E-state index in [4.69, 9.17) is 5.73 Å². The summed E-state index contributed by atoms with van der Waals surface area (Å²) in [6.45, 7) is 4.31. The molecule has 1 aliphatic rings. The Morgan fingerprint density at radius 1 is 1.00 bits per heavy atom. The van der Waals surface area contributed by atoms with Crippen LogP contribution in [0.3, 0.4) is 0 Å². The molecule has 0 fully saturated rings. The first-order valence-electron chi connectivity index (χ1n) is 7.06. The summed E-state index contributed by atoms with van der Waals surface area (Å²) in [7, 11) is 0. The number of hydrogen-bond donors (Lipinski definition) is 1. The van der Waals surface area contributed by atoms with Gasteiger partial charge in [0.2, 0.25) is 0 Å². The lowest BCUT2D eigenvalue weighted by atomic mass is 9.73. The highest BCUT2D eigenvalue weighted by atomic mass is 14.8. The van der Waals surface area contributed by atoms with E-state index in [1.807, 2.05) is 0 Å². The van der Waals surface area contributed by atoms with Gasteiger partial charge in [-0.2, -0.15) is 0 Å². The van der Waals surface area contributed by atoms with Gasteiger partial charge in [-0.1, -0.05) is 42.5 Å².